The van der Waals surface area contributed by atoms with Crippen LogP contribution in [0.1, 0.15) is 15.9 Å². The van der Waals surface area contributed by atoms with Crippen LogP contribution in [-0.4, -0.2) is 19.5 Å². The maximum absolute atomic E-state index is 12.8. The van der Waals surface area contributed by atoms with Crippen molar-refractivity contribution >= 4 is 32.1 Å². The van der Waals surface area contributed by atoms with Crippen LogP contribution in [0.4, 0.5) is 3.89 Å². The van der Waals surface area contributed by atoms with Crippen molar-refractivity contribution in [2.24, 2.45) is 0 Å². The van der Waals surface area contributed by atoms with Crippen molar-refractivity contribution < 1.29 is 22.2 Å². The zero-order chi connectivity index (χ0) is 11.8. The van der Waals surface area contributed by atoms with E-state index >= 15 is 0 Å². The molecule has 0 radical (unpaired) electrons. The van der Waals surface area contributed by atoms with Crippen molar-refractivity contribution in [2.75, 3.05) is 0 Å². The number of carbonyl (C=O) groups is 1. The molecular formula is C8H6BrFO4S. The van der Waals surface area contributed by atoms with Crippen molar-refractivity contribution in [3.8, 4) is 0 Å². The number of hydrogen-bond donors (Lipinski definition) is 1. The molecule has 0 saturated heterocycles. The number of benzene rings is 1. The number of aryl methyl sites for hydroxylation is 1. The second-order valence-corrected chi connectivity index (χ2v) is 4.96. The summed E-state index contributed by atoms with van der Waals surface area (Å²) in [7, 11) is -4.92. The number of carboxylic acids is 1. The molecule has 0 aromatic heterocycles. The Morgan fingerprint density at radius 2 is 2.00 bits per heavy atom. The average molecular weight is 297 g/mol. The van der Waals surface area contributed by atoms with E-state index in [1.165, 1.54) is 13.0 Å². The maximum atomic E-state index is 12.8. The van der Waals surface area contributed by atoms with Gasteiger partial charge in [0.2, 0.25) is 0 Å². The predicted molar refractivity (Wildman–Crippen MR) is 54.1 cm³/mol. The van der Waals surface area contributed by atoms with Gasteiger partial charge in [-0.05, 0) is 40.5 Å². The van der Waals surface area contributed by atoms with Gasteiger partial charge in [0, 0.05) is 4.47 Å². The maximum Gasteiger partial charge on any atom is 0.335 e. The number of rotatable bonds is 2. The van der Waals surface area contributed by atoms with Gasteiger partial charge in [0.25, 0.3) is 0 Å². The Morgan fingerprint density at radius 1 is 1.47 bits per heavy atom. The van der Waals surface area contributed by atoms with E-state index in [0.717, 1.165) is 6.07 Å². The first-order chi connectivity index (χ1) is 6.73. The summed E-state index contributed by atoms with van der Waals surface area (Å²) in [6.07, 6.45) is 0. The largest absolute Gasteiger partial charge is 0.478 e. The molecule has 0 spiro atoms. The fourth-order valence-corrected chi connectivity index (χ4v) is 2.49. The van der Waals surface area contributed by atoms with E-state index in [2.05, 4.69) is 15.9 Å². The normalized spacial score (nSPS) is 11.4. The smallest absolute Gasteiger partial charge is 0.335 e. The number of carboxylic acid groups (broad SMARTS) is 1. The molecule has 0 aliphatic heterocycles. The zero-order valence-electron chi connectivity index (χ0n) is 7.49. The molecule has 0 heterocycles. The highest BCUT2D eigenvalue weighted by Gasteiger charge is 2.20. The lowest BCUT2D eigenvalue weighted by atomic mass is 10.1. The van der Waals surface area contributed by atoms with Crippen LogP contribution in [0.5, 0.6) is 0 Å². The predicted octanol–water partition coefficient (Wildman–Crippen LogP) is 2.11. The highest BCUT2D eigenvalue weighted by atomic mass is 79.9. The van der Waals surface area contributed by atoms with Crippen LogP contribution in [0.3, 0.4) is 0 Å². The first kappa shape index (κ1) is 12.1. The summed E-state index contributed by atoms with van der Waals surface area (Å²) in [5.74, 6) is -1.31. The summed E-state index contributed by atoms with van der Waals surface area (Å²) >= 11 is 2.89. The fraction of sp³-hybridized carbons (Fsp3) is 0.125. The molecule has 0 atom stereocenters. The molecule has 0 fully saturated rings. The lowest BCUT2D eigenvalue weighted by molar-refractivity contribution is 0.0696. The standard InChI is InChI=1S/C8H6BrFO4S/c1-4-2-5(8(11)12)3-6(7(4)9)15(10,13)14/h2-3H,1H3,(H,11,12). The van der Waals surface area contributed by atoms with Gasteiger partial charge in [-0.15, -0.1) is 3.89 Å². The van der Waals surface area contributed by atoms with Gasteiger partial charge >= 0.3 is 16.2 Å². The van der Waals surface area contributed by atoms with E-state index in [-0.39, 0.29) is 10.0 Å². The van der Waals surface area contributed by atoms with Gasteiger partial charge in [-0.3, -0.25) is 0 Å². The molecule has 7 heteroatoms. The van der Waals surface area contributed by atoms with Crippen LogP contribution < -0.4 is 0 Å². The zero-order valence-corrected chi connectivity index (χ0v) is 9.89. The molecule has 0 aliphatic carbocycles. The highest BCUT2D eigenvalue weighted by Crippen LogP contribution is 2.28. The van der Waals surface area contributed by atoms with Crippen LogP contribution in [0.2, 0.25) is 0 Å². The van der Waals surface area contributed by atoms with Crippen LogP contribution in [0.15, 0.2) is 21.5 Å². The summed E-state index contributed by atoms with van der Waals surface area (Å²) < 4.78 is 34.2. The third-order valence-corrected chi connectivity index (χ3v) is 3.89. The fourth-order valence-electron chi connectivity index (χ4n) is 1.04. The van der Waals surface area contributed by atoms with E-state index in [4.69, 9.17) is 5.11 Å². The molecule has 0 amide bonds. The Balaban J connectivity index is 3.59. The van der Waals surface area contributed by atoms with E-state index in [1.54, 1.807) is 0 Å². The number of aromatic carboxylic acids is 1. The highest BCUT2D eigenvalue weighted by molar-refractivity contribution is 9.10. The van der Waals surface area contributed by atoms with Gasteiger partial charge in [-0.1, -0.05) is 0 Å². The lowest BCUT2D eigenvalue weighted by Crippen LogP contribution is -2.02. The molecule has 0 bridgehead atoms. The Morgan fingerprint density at radius 3 is 2.40 bits per heavy atom. The Kier molecular flexibility index (Phi) is 3.15. The molecule has 0 aliphatic rings. The van der Waals surface area contributed by atoms with Crippen molar-refractivity contribution in [1.82, 2.24) is 0 Å². The Labute approximate surface area is 94.1 Å². The SMILES string of the molecule is Cc1cc(C(=O)O)cc(S(=O)(=O)F)c1Br. The van der Waals surface area contributed by atoms with Gasteiger partial charge in [0.15, 0.2) is 0 Å². The van der Waals surface area contributed by atoms with Gasteiger partial charge in [0.1, 0.15) is 4.90 Å². The van der Waals surface area contributed by atoms with Crippen molar-refractivity contribution in [1.29, 1.82) is 0 Å². The molecule has 82 valence electrons. The number of halogens is 2. The second-order valence-electron chi connectivity index (χ2n) is 2.85. The van der Waals surface area contributed by atoms with Crippen molar-refractivity contribution in [2.45, 2.75) is 11.8 Å². The van der Waals surface area contributed by atoms with Gasteiger partial charge < -0.3 is 5.11 Å². The van der Waals surface area contributed by atoms with Crippen LogP contribution >= 0.6 is 15.9 Å². The van der Waals surface area contributed by atoms with E-state index in [0.29, 0.717) is 5.56 Å². The Hall–Kier alpha value is -0.950. The van der Waals surface area contributed by atoms with E-state index in [1.807, 2.05) is 0 Å². The van der Waals surface area contributed by atoms with Gasteiger partial charge in [-0.2, -0.15) is 8.42 Å². The van der Waals surface area contributed by atoms with E-state index < -0.39 is 21.1 Å². The van der Waals surface area contributed by atoms with E-state index in [9.17, 15) is 17.1 Å². The summed E-state index contributed by atoms with van der Waals surface area (Å²) in [5.41, 5.74) is 0.0676. The van der Waals surface area contributed by atoms with Crippen LogP contribution in [0, 0.1) is 6.92 Å². The summed E-state index contributed by atoms with van der Waals surface area (Å²) in [6.45, 7) is 1.48. The Bertz CT molecular complexity index is 524. The minimum Gasteiger partial charge on any atom is -0.478 e. The summed E-state index contributed by atoms with van der Waals surface area (Å²) in [5, 5.41) is 8.66. The van der Waals surface area contributed by atoms with Crippen molar-refractivity contribution in [3.05, 3.63) is 27.7 Å². The van der Waals surface area contributed by atoms with Gasteiger partial charge in [0.05, 0.1) is 5.56 Å². The van der Waals surface area contributed by atoms with Crippen LogP contribution in [-0.2, 0) is 10.2 Å². The molecule has 1 aromatic rings. The van der Waals surface area contributed by atoms with Crippen LogP contribution in [0.25, 0.3) is 0 Å². The molecule has 1 aromatic carbocycles. The molecule has 15 heavy (non-hydrogen) atoms. The number of hydrogen-bond acceptors (Lipinski definition) is 3. The lowest BCUT2D eigenvalue weighted by Gasteiger charge is -2.05. The summed E-state index contributed by atoms with van der Waals surface area (Å²) in [6, 6.07) is 2.02. The van der Waals surface area contributed by atoms with Crippen molar-refractivity contribution in [3.63, 3.8) is 0 Å². The molecule has 4 nitrogen and oxygen atoms in total. The molecule has 1 N–H and O–H groups in total. The monoisotopic (exact) mass is 296 g/mol. The third-order valence-electron chi connectivity index (χ3n) is 1.73. The minimum absolute atomic E-state index is 0.0370. The van der Waals surface area contributed by atoms with Gasteiger partial charge in [-0.25, -0.2) is 4.79 Å². The molecule has 0 unspecified atom stereocenters. The minimum atomic E-state index is -4.92. The quantitative estimate of drug-likeness (QED) is 0.849. The first-order valence-corrected chi connectivity index (χ1v) is 5.89. The molecular weight excluding hydrogens is 291 g/mol. The molecule has 0 saturated carbocycles. The first-order valence-electron chi connectivity index (χ1n) is 3.71. The second kappa shape index (κ2) is 3.90. The topological polar surface area (TPSA) is 71.4 Å². The molecule has 1 rings (SSSR count). The summed E-state index contributed by atoms with van der Waals surface area (Å²) in [4.78, 5) is 9.94. The third kappa shape index (κ3) is 2.54. The average Bonchev–Trinajstić information content (AvgIpc) is 2.06.